The maximum absolute atomic E-state index is 3.63. The van der Waals surface area contributed by atoms with Crippen molar-refractivity contribution in [3.05, 3.63) is 28.7 Å². The van der Waals surface area contributed by atoms with Crippen molar-refractivity contribution < 1.29 is 0 Å². The number of piperidine rings is 1. The predicted octanol–water partition coefficient (Wildman–Crippen LogP) is 3.74. The monoisotopic (exact) mass is 296 g/mol. The average Bonchev–Trinajstić information content (AvgIpc) is 2.32. The van der Waals surface area contributed by atoms with Gasteiger partial charge in [0.1, 0.15) is 0 Å². The Labute approximate surface area is 113 Å². The van der Waals surface area contributed by atoms with Gasteiger partial charge >= 0.3 is 0 Å². The normalized spacial score (nSPS) is 18.2. The third kappa shape index (κ3) is 4.00. The highest BCUT2D eigenvalue weighted by Crippen LogP contribution is 2.20. The summed E-state index contributed by atoms with van der Waals surface area (Å²) in [6.07, 6.45) is 3.78. The van der Waals surface area contributed by atoms with E-state index in [2.05, 4.69) is 57.3 Å². The Bertz CT molecular complexity index is 346. The maximum Gasteiger partial charge on any atom is 0.0353 e. The van der Waals surface area contributed by atoms with E-state index in [1.807, 2.05) is 0 Å². The highest BCUT2D eigenvalue weighted by Gasteiger charge is 2.17. The van der Waals surface area contributed by atoms with Crippen LogP contribution in [0.25, 0.3) is 0 Å². The summed E-state index contributed by atoms with van der Waals surface area (Å²) < 4.78 is 1.14. The van der Waals surface area contributed by atoms with Crippen molar-refractivity contribution in [2.24, 2.45) is 0 Å². The molecule has 1 aromatic carbocycles. The van der Waals surface area contributed by atoms with Gasteiger partial charge in [-0.2, -0.15) is 0 Å². The third-order valence-electron chi connectivity index (χ3n) is 3.32. The first-order valence-electron chi connectivity index (χ1n) is 6.52. The van der Waals surface area contributed by atoms with Gasteiger partial charge in [-0.15, -0.1) is 0 Å². The fraction of sp³-hybridized carbons (Fsp3) is 0.571. The summed E-state index contributed by atoms with van der Waals surface area (Å²) in [6, 6.07) is 9.08. The number of halogens is 1. The lowest BCUT2D eigenvalue weighted by atomic mass is 10.0. The fourth-order valence-corrected chi connectivity index (χ4v) is 2.83. The molecule has 1 fully saturated rings. The zero-order valence-electron chi connectivity index (χ0n) is 10.5. The Balaban J connectivity index is 1.82. The van der Waals surface area contributed by atoms with E-state index in [0.29, 0.717) is 6.04 Å². The maximum atomic E-state index is 3.63. The van der Waals surface area contributed by atoms with E-state index in [1.165, 1.54) is 44.6 Å². The Morgan fingerprint density at radius 2 is 2.12 bits per heavy atom. The highest BCUT2D eigenvalue weighted by molar-refractivity contribution is 9.10. The van der Waals surface area contributed by atoms with Crippen molar-refractivity contribution in [2.45, 2.75) is 32.2 Å². The lowest BCUT2D eigenvalue weighted by Gasteiger charge is -2.32. The summed E-state index contributed by atoms with van der Waals surface area (Å²) in [5.41, 5.74) is 1.23. The van der Waals surface area contributed by atoms with Crippen LogP contribution in [-0.4, -0.2) is 30.6 Å². The topological polar surface area (TPSA) is 15.3 Å². The van der Waals surface area contributed by atoms with Gasteiger partial charge in [-0.05, 0) is 44.0 Å². The van der Waals surface area contributed by atoms with Gasteiger partial charge in [0.2, 0.25) is 0 Å². The van der Waals surface area contributed by atoms with Crippen LogP contribution in [0.15, 0.2) is 28.7 Å². The first-order valence-corrected chi connectivity index (χ1v) is 7.31. The van der Waals surface area contributed by atoms with Crippen LogP contribution in [0.1, 0.15) is 26.2 Å². The van der Waals surface area contributed by atoms with Crippen LogP contribution in [0.5, 0.6) is 0 Å². The molecule has 1 aliphatic rings. The number of hydrogen-bond acceptors (Lipinski definition) is 2. The molecule has 3 heteroatoms. The number of benzene rings is 1. The minimum Gasteiger partial charge on any atom is -0.382 e. The van der Waals surface area contributed by atoms with Gasteiger partial charge in [0.15, 0.2) is 0 Å². The Morgan fingerprint density at radius 1 is 1.35 bits per heavy atom. The van der Waals surface area contributed by atoms with E-state index in [9.17, 15) is 0 Å². The van der Waals surface area contributed by atoms with Gasteiger partial charge in [-0.3, -0.25) is 0 Å². The van der Waals surface area contributed by atoms with E-state index in [0.717, 1.165) is 4.47 Å². The minimum absolute atomic E-state index is 0.636. The number of anilines is 1. The van der Waals surface area contributed by atoms with Crippen LogP contribution in [0.2, 0.25) is 0 Å². The van der Waals surface area contributed by atoms with Crippen molar-refractivity contribution in [2.75, 3.05) is 25.0 Å². The number of rotatable bonds is 4. The highest BCUT2D eigenvalue weighted by atomic mass is 79.9. The molecule has 94 valence electrons. The summed E-state index contributed by atoms with van der Waals surface area (Å²) in [7, 11) is 0. The second kappa shape index (κ2) is 6.41. The largest absolute Gasteiger partial charge is 0.382 e. The van der Waals surface area contributed by atoms with Crippen LogP contribution >= 0.6 is 15.9 Å². The molecule has 1 heterocycles. The molecule has 0 aromatic heterocycles. The van der Waals surface area contributed by atoms with E-state index in [1.54, 1.807) is 0 Å². The minimum atomic E-state index is 0.636. The predicted molar refractivity (Wildman–Crippen MR) is 77.5 cm³/mol. The smallest absolute Gasteiger partial charge is 0.0353 e. The van der Waals surface area contributed by atoms with E-state index in [-0.39, 0.29) is 0 Å². The summed E-state index contributed by atoms with van der Waals surface area (Å²) in [5.74, 6) is 0. The quantitative estimate of drug-likeness (QED) is 0.911. The molecule has 0 aliphatic carbocycles. The second-order valence-corrected chi connectivity index (χ2v) is 5.69. The molecule has 0 amide bonds. The van der Waals surface area contributed by atoms with Gasteiger partial charge in [-0.1, -0.05) is 28.9 Å². The van der Waals surface area contributed by atoms with E-state index >= 15 is 0 Å². The molecular weight excluding hydrogens is 276 g/mol. The van der Waals surface area contributed by atoms with Crippen molar-refractivity contribution in [1.29, 1.82) is 0 Å². The molecule has 1 aromatic rings. The molecule has 2 rings (SSSR count). The summed E-state index contributed by atoms with van der Waals surface area (Å²) >= 11 is 3.51. The lowest BCUT2D eigenvalue weighted by Crippen LogP contribution is -2.39. The second-order valence-electron chi connectivity index (χ2n) is 4.77. The summed E-state index contributed by atoms with van der Waals surface area (Å²) in [6.45, 7) is 5.98. The van der Waals surface area contributed by atoms with Crippen molar-refractivity contribution in [3.8, 4) is 0 Å². The van der Waals surface area contributed by atoms with Crippen molar-refractivity contribution in [1.82, 2.24) is 4.90 Å². The number of nitrogens with one attached hydrogen (secondary N) is 1. The standard InChI is InChI=1S/C14H21BrN2/c1-2-8-17-9-6-13(7-10-17)16-14-5-3-4-12(15)11-14/h3-5,11,13,16H,2,6-10H2,1H3. The van der Waals surface area contributed by atoms with Gasteiger partial charge < -0.3 is 10.2 Å². The molecule has 0 saturated carbocycles. The molecule has 1 N–H and O–H groups in total. The van der Waals surface area contributed by atoms with Crippen molar-refractivity contribution in [3.63, 3.8) is 0 Å². The van der Waals surface area contributed by atoms with Crippen LogP contribution < -0.4 is 5.32 Å². The van der Waals surface area contributed by atoms with Gasteiger partial charge in [0.05, 0.1) is 0 Å². The Hall–Kier alpha value is -0.540. The zero-order chi connectivity index (χ0) is 12.1. The molecule has 2 nitrogen and oxygen atoms in total. The third-order valence-corrected chi connectivity index (χ3v) is 3.82. The lowest BCUT2D eigenvalue weighted by molar-refractivity contribution is 0.219. The molecule has 0 atom stereocenters. The Morgan fingerprint density at radius 3 is 2.76 bits per heavy atom. The van der Waals surface area contributed by atoms with E-state index in [4.69, 9.17) is 0 Å². The first kappa shape index (κ1) is 12.9. The molecular formula is C14H21BrN2. The molecule has 1 aliphatic heterocycles. The first-order chi connectivity index (χ1) is 8.28. The molecule has 17 heavy (non-hydrogen) atoms. The molecule has 1 saturated heterocycles. The average molecular weight is 297 g/mol. The number of nitrogens with zero attached hydrogens (tertiary/aromatic N) is 1. The number of likely N-dealkylation sites (tertiary alicyclic amines) is 1. The van der Waals surface area contributed by atoms with Gasteiger partial charge in [0, 0.05) is 29.3 Å². The SMILES string of the molecule is CCCN1CCC(Nc2cccc(Br)c2)CC1. The molecule has 0 radical (unpaired) electrons. The van der Waals surface area contributed by atoms with Crippen LogP contribution in [-0.2, 0) is 0 Å². The zero-order valence-corrected chi connectivity index (χ0v) is 12.0. The van der Waals surface area contributed by atoms with E-state index < -0.39 is 0 Å². The summed E-state index contributed by atoms with van der Waals surface area (Å²) in [4.78, 5) is 2.57. The molecule has 0 bridgehead atoms. The molecule has 0 unspecified atom stereocenters. The van der Waals surface area contributed by atoms with Crippen LogP contribution in [0.3, 0.4) is 0 Å². The van der Waals surface area contributed by atoms with Crippen molar-refractivity contribution >= 4 is 21.6 Å². The van der Waals surface area contributed by atoms with Crippen LogP contribution in [0.4, 0.5) is 5.69 Å². The van der Waals surface area contributed by atoms with Gasteiger partial charge in [0.25, 0.3) is 0 Å². The molecule has 0 spiro atoms. The fourth-order valence-electron chi connectivity index (χ4n) is 2.43. The van der Waals surface area contributed by atoms with Crippen LogP contribution in [0, 0.1) is 0 Å². The Kier molecular flexibility index (Phi) is 4.86. The van der Waals surface area contributed by atoms with Gasteiger partial charge in [-0.25, -0.2) is 0 Å². The number of hydrogen-bond donors (Lipinski definition) is 1. The summed E-state index contributed by atoms with van der Waals surface area (Å²) in [5, 5.41) is 3.63.